The van der Waals surface area contributed by atoms with Crippen molar-refractivity contribution in [1.82, 2.24) is 15.5 Å². The molecule has 1 aromatic rings. The summed E-state index contributed by atoms with van der Waals surface area (Å²) in [4.78, 5) is 26.4. The summed E-state index contributed by atoms with van der Waals surface area (Å²) in [6.45, 7) is 4.85. The Hall–Kier alpha value is -1.88. The lowest BCUT2D eigenvalue weighted by molar-refractivity contribution is -0.125. The van der Waals surface area contributed by atoms with Crippen LogP contribution in [0, 0.1) is 5.92 Å². The molecule has 1 aliphatic heterocycles. The van der Waals surface area contributed by atoms with Crippen LogP contribution in [0.25, 0.3) is 0 Å². The van der Waals surface area contributed by atoms with Gasteiger partial charge in [0.1, 0.15) is 0 Å². The van der Waals surface area contributed by atoms with E-state index >= 15 is 0 Å². The van der Waals surface area contributed by atoms with Crippen LogP contribution in [0.2, 0.25) is 0 Å². The van der Waals surface area contributed by atoms with E-state index in [0.29, 0.717) is 13.0 Å². The Morgan fingerprint density at radius 1 is 1.15 bits per heavy atom. The molecule has 2 aliphatic rings. The number of benzene rings is 1. The van der Waals surface area contributed by atoms with Crippen LogP contribution in [0.3, 0.4) is 0 Å². The summed E-state index contributed by atoms with van der Waals surface area (Å²) in [5, 5.41) is 6.22. The van der Waals surface area contributed by atoms with Crippen LogP contribution in [0.4, 0.5) is 0 Å². The molecule has 5 nitrogen and oxygen atoms in total. The fraction of sp³-hybridized carbons (Fsp3) is 0.636. The fourth-order valence-electron chi connectivity index (χ4n) is 3.94. The number of carbonyl (C=O) groups is 2. The van der Waals surface area contributed by atoms with Crippen molar-refractivity contribution in [3.05, 3.63) is 35.9 Å². The van der Waals surface area contributed by atoms with Crippen LogP contribution >= 0.6 is 0 Å². The average molecular weight is 372 g/mol. The van der Waals surface area contributed by atoms with Crippen molar-refractivity contribution in [3.63, 3.8) is 0 Å². The number of carbonyl (C=O) groups excluding carboxylic acids is 2. The first-order valence-corrected chi connectivity index (χ1v) is 10.4. The van der Waals surface area contributed by atoms with Gasteiger partial charge in [0, 0.05) is 39.5 Å². The minimum Gasteiger partial charge on any atom is -0.354 e. The molecular weight excluding hydrogens is 338 g/mol. The molecule has 1 aromatic carbocycles. The summed E-state index contributed by atoms with van der Waals surface area (Å²) in [7, 11) is 0. The summed E-state index contributed by atoms with van der Waals surface area (Å²) in [5.74, 6) is 0.967. The number of amides is 2. The second-order valence-corrected chi connectivity index (χ2v) is 8.34. The van der Waals surface area contributed by atoms with Gasteiger partial charge in [0.05, 0.1) is 5.54 Å². The number of hydrogen-bond donors (Lipinski definition) is 2. The second kappa shape index (κ2) is 9.36. The highest BCUT2D eigenvalue weighted by molar-refractivity contribution is 5.77. The third-order valence-corrected chi connectivity index (χ3v) is 5.86. The zero-order chi connectivity index (χ0) is 19.1. The van der Waals surface area contributed by atoms with Gasteiger partial charge in [-0.3, -0.25) is 14.5 Å². The molecule has 0 atom stereocenters. The maximum Gasteiger partial charge on any atom is 0.220 e. The number of piperidine rings is 1. The normalized spacial score (nSPS) is 19.4. The van der Waals surface area contributed by atoms with Crippen molar-refractivity contribution in [2.75, 3.05) is 19.6 Å². The van der Waals surface area contributed by atoms with E-state index in [2.05, 4.69) is 39.8 Å². The highest BCUT2D eigenvalue weighted by Gasteiger charge is 2.36. The zero-order valence-corrected chi connectivity index (χ0v) is 16.5. The summed E-state index contributed by atoms with van der Waals surface area (Å²) in [6, 6.07) is 10.5. The van der Waals surface area contributed by atoms with Gasteiger partial charge in [-0.05, 0) is 37.2 Å². The van der Waals surface area contributed by atoms with Gasteiger partial charge in [-0.1, -0.05) is 43.2 Å². The monoisotopic (exact) mass is 371 g/mol. The molecule has 0 unspecified atom stereocenters. The Morgan fingerprint density at radius 2 is 1.85 bits per heavy atom. The first-order chi connectivity index (χ1) is 13.0. The summed E-state index contributed by atoms with van der Waals surface area (Å²) in [5.41, 5.74) is 1.01. The minimum absolute atomic E-state index is 0.0379. The van der Waals surface area contributed by atoms with E-state index in [4.69, 9.17) is 0 Å². The third-order valence-electron chi connectivity index (χ3n) is 5.86. The lowest BCUT2D eigenvalue weighted by Crippen LogP contribution is -2.60. The van der Waals surface area contributed by atoms with E-state index < -0.39 is 0 Å². The van der Waals surface area contributed by atoms with Gasteiger partial charge < -0.3 is 10.6 Å². The van der Waals surface area contributed by atoms with Crippen molar-refractivity contribution in [3.8, 4) is 0 Å². The zero-order valence-electron chi connectivity index (χ0n) is 16.5. The van der Waals surface area contributed by atoms with Gasteiger partial charge in [0.25, 0.3) is 0 Å². The van der Waals surface area contributed by atoms with E-state index in [0.717, 1.165) is 44.8 Å². The van der Waals surface area contributed by atoms with Crippen LogP contribution < -0.4 is 10.6 Å². The third kappa shape index (κ3) is 6.65. The Labute approximate surface area is 162 Å². The number of nitrogens with one attached hydrogen (secondary N) is 2. The molecule has 1 saturated heterocycles. The minimum atomic E-state index is -0.310. The fourth-order valence-corrected chi connectivity index (χ4v) is 3.94. The first kappa shape index (κ1) is 19.9. The highest BCUT2D eigenvalue weighted by atomic mass is 16.2. The maximum absolute atomic E-state index is 12.5. The molecule has 0 aromatic heterocycles. The van der Waals surface area contributed by atoms with Crippen LogP contribution in [0.1, 0.15) is 57.4 Å². The highest BCUT2D eigenvalue weighted by Crippen LogP contribution is 2.34. The van der Waals surface area contributed by atoms with Crippen molar-refractivity contribution < 1.29 is 9.59 Å². The number of rotatable bonds is 9. The standard InChI is InChI=1S/C22H33N3O2/c1-18(26)23-17-22(24-21(27)9-5-8-19-10-11-19)12-14-25(15-13-22)16-20-6-3-2-4-7-20/h2-4,6-7,19H,5,8-17H2,1H3,(H,23,26)(H,24,27). The van der Waals surface area contributed by atoms with Crippen LogP contribution in [0.5, 0.6) is 0 Å². The van der Waals surface area contributed by atoms with E-state index in [9.17, 15) is 9.59 Å². The van der Waals surface area contributed by atoms with E-state index in [1.54, 1.807) is 0 Å². The molecule has 5 heteroatoms. The predicted molar refractivity (Wildman–Crippen MR) is 107 cm³/mol. The molecule has 1 heterocycles. The molecule has 1 saturated carbocycles. The average Bonchev–Trinajstić information content (AvgIpc) is 3.47. The summed E-state index contributed by atoms with van der Waals surface area (Å²) < 4.78 is 0. The Morgan fingerprint density at radius 3 is 2.48 bits per heavy atom. The summed E-state index contributed by atoms with van der Waals surface area (Å²) >= 11 is 0. The number of nitrogens with zero attached hydrogens (tertiary/aromatic N) is 1. The van der Waals surface area contributed by atoms with E-state index in [1.165, 1.54) is 31.7 Å². The molecular formula is C22H33N3O2. The van der Waals surface area contributed by atoms with Gasteiger partial charge in [0.2, 0.25) is 11.8 Å². The molecule has 2 N–H and O–H groups in total. The lowest BCUT2D eigenvalue weighted by Gasteiger charge is -2.42. The van der Waals surface area contributed by atoms with E-state index in [-0.39, 0.29) is 17.4 Å². The molecule has 1 aliphatic carbocycles. The molecule has 2 fully saturated rings. The molecule has 2 amide bonds. The van der Waals surface area contributed by atoms with Crippen LogP contribution in [-0.4, -0.2) is 41.9 Å². The SMILES string of the molecule is CC(=O)NCC1(NC(=O)CCCC2CC2)CCN(Cc2ccccc2)CC1. The van der Waals surface area contributed by atoms with Gasteiger partial charge in [0.15, 0.2) is 0 Å². The van der Waals surface area contributed by atoms with Crippen molar-refractivity contribution in [2.24, 2.45) is 5.92 Å². The summed E-state index contributed by atoms with van der Waals surface area (Å²) in [6.07, 6.45) is 7.18. The number of likely N-dealkylation sites (tertiary alicyclic amines) is 1. The Balaban J connectivity index is 1.51. The first-order valence-electron chi connectivity index (χ1n) is 10.4. The molecule has 0 bridgehead atoms. The number of hydrogen-bond acceptors (Lipinski definition) is 3. The van der Waals surface area contributed by atoms with Gasteiger partial charge in [-0.2, -0.15) is 0 Å². The Bertz CT molecular complexity index is 620. The maximum atomic E-state index is 12.5. The predicted octanol–water partition coefficient (Wildman–Crippen LogP) is 2.85. The smallest absolute Gasteiger partial charge is 0.220 e. The molecule has 148 valence electrons. The van der Waals surface area contributed by atoms with E-state index in [1.807, 2.05) is 6.07 Å². The molecule has 0 spiro atoms. The largest absolute Gasteiger partial charge is 0.354 e. The lowest BCUT2D eigenvalue weighted by atomic mass is 9.86. The van der Waals surface area contributed by atoms with Gasteiger partial charge in [-0.15, -0.1) is 0 Å². The molecule has 0 radical (unpaired) electrons. The quantitative estimate of drug-likeness (QED) is 0.702. The van der Waals surface area contributed by atoms with Crippen LogP contribution in [0.15, 0.2) is 30.3 Å². The molecule has 3 rings (SSSR count). The van der Waals surface area contributed by atoms with Gasteiger partial charge in [-0.25, -0.2) is 0 Å². The van der Waals surface area contributed by atoms with Crippen molar-refractivity contribution in [2.45, 2.75) is 64.0 Å². The van der Waals surface area contributed by atoms with Crippen molar-refractivity contribution >= 4 is 11.8 Å². The molecule has 27 heavy (non-hydrogen) atoms. The van der Waals surface area contributed by atoms with Gasteiger partial charge >= 0.3 is 0 Å². The van der Waals surface area contributed by atoms with Crippen molar-refractivity contribution in [1.29, 1.82) is 0 Å². The Kier molecular flexibility index (Phi) is 6.89. The second-order valence-electron chi connectivity index (χ2n) is 8.34. The van der Waals surface area contributed by atoms with Crippen LogP contribution in [-0.2, 0) is 16.1 Å². The topological polar surface area (TPSA) is 61.4 Å².